The van der Waals surface area contributed by atoms with Gasteiger partial charge in [0.2, 0.25) is 88.6 Å². The lowest BCUT2D eigenvalue weighted by atomic mass is 9.94. The van der Waals surface area contributed by atoms with Crippen LogP contribution in [0, 0.1) is 41.4 Å². The monoisotopic (exact) mass is 1760 g/mol. The van der Waals surface area contributed by atoms with E-state index in [4.69, 9.17) is 40.1 Å². The number of unbranched alkanes of at least 4 members (excludes halogenated alkanes) is 10. The van der Waals surface area contributed by atoms with E-state index in [1.807, 2.05) is 34.6 Å². The van der Waals surface area contributed by atoms with Crippen LogP contribution < -0.4 is 115 Å². The fourth-order valence-corrected chi connectivity index (χ4v) is 14.0. The van der Waals surface area contributed by atoms with Crippen molar-refractivity contribution < 1.29 is 71.9 Å². The van der Waals surface area contributed by atoms with Gasteiger partial charge in [0.15, 0.2) is 0 Å². The Hall–Kier alpha value is -8.19. The third-order valence-electron chi connectivity index (χ3n) is 24.0. The third kappa shape index (κ3) is 44.8. The topological polar surface area (TPSA) is 607 Å². The van der Waals surface area contributed by atoms with Gasteiger partial charge in [-0.05, 0) is 203 Å². The molecule has 0 aliphatic carbocycles. The predicted octanol–water partition coefficient (Wildman–Crippen LogP) is 2.35. The van der Waals surface area contributed by atoms with E-state index in [9.17, 15) is 71.9 Å². The van der Waals surface area contributed by atoms with E-state index in [-0.39, 0.29) is 96.0 Å². The molecule has 0 saturated heterocycles. The molecule has 0 aliphatic heterocycles. The smallest absolute Gasteiger partial charge is 0.243 e. The molecule has 28 N–H and O–H groups in total. The Kier molecular flexibility index (Phi) is 62.7. The molecular weight excluding hydrogens is 1590 g/mol. The molecule has 0 fully saturated rings. The minimum Gasteiger partial charge on any atom is -0.368 e. The standard InChI is InChI=1S/C88H169N21O15/c1-16-24-25-26-27-46-67(110)96-53-68(111)103-70(55(10)18-3)86(122)107-71(56(11)19-4)83(119)100-62(41-29-35-48-90)78(114)98-65(44-32-38-51-93)81(117)105-75(60(15)23-8)88(124)109-73(58(13)21-6)85(121)102-63(42-30-36-49-91)79(115)99-66(45-33-39-52-94)82(118)106-74(59(14)22-7)87(123)108-72(57(12)20-5)84(120)101-61(40-28-34-47-89)77(113)97-64(43-31-37-50-92)80(116)104-69(76(95)112)54(9)17-2/h54-66,69-75H,16-53,89-94H2,1-15H3,(H2,95,112)(H,96,110)(H,97,113)(H,98,114)(H,99,115)(H,100,119)(H,101,120)(H,102,121)(H,103,111)(H,104,116)(H,105,117)(H,106,118)(H,107,122)(H,108,123)(H,109,124)/t54-,55-,56-,57-,58-,59-,60-,61-,62-,63-,64-,65-,66-,69-,70-,71-,72-,73-,74-,75-/m0/s1. The highest BCUT2D eigenvalue weighted by Crippen LogP contribution is 2.21. The number of carbonyl (C=O) groups excluding carboxylic acids is 15. The number of nitrogens with one attached hydrogen (secondary N) is 14. The molecule has 0 aromatic rings. The predicted molar refractivity (Wildman–Crippen MR) is 484 cm³/mol. The van der Waals surface area contributed by atoms with Crippen molar-refractivity contribution in [2.24, 2.45) is 81.6 Å². The van der Waals surface area contributed by atoms with Crippen molar-refractivity contribution in [1.82, 2.24) is 74.4 Å². The molecule has 0 aliphatic rings. The van der Waals surface area contributed by atoms with Crippen LogP contribution in [0.25, 0.3) is 0 Å². The van der Waals surface area contributed by atoms with E-state index >= 15 is 0 Å². The molecule has 716 valence electrons. The molecule has 0 aromatic heterocycles. The Morgan fingerprint density at radius 3 is 0.637 bits per heavy atom. The Morgan fingerprint density at radius 2 is 0.411 bits per heavy atom. The van der Waals surface area contributed by atoms with Crippen LogP contribution in [0.2, 0.25) is 0 Å². The lowest BCUT2D eigenvalue weighted by Gasteiger charge is -2.32. The summed E-state index contributed by atoms with van der Waals surface area (Å²) >= 11 is 0. The van der Waals surface area contributed by atoms with Crippen LogP contribution in [0.3, 0.4) is 0 Å². The highest BCUT2D eigenvalue weighted by atomic mass is 16.2. The van der Waals surface area contributed by atoms with Crippen LogP contribution in [0.15, 0.2) is 0 Å². The Bertz CT molecular complexity index is 3180. The highest BCUT2D eigenvalue weighted by Gasteiger charge is 2.41. The van der Waals surface area contributed by atoms with Gasteiger partial charge in [-0.25, -0.2) is 0 Å². The zero-order valence-electron chi connectivity index (χ0n) is 78.1. The van der Waals surface area contributed by atoms with Gasteiger partial charge in [-0.3, -0.25) is 71.9 Å². The molecule has 0 rings (SSSR count). The average Bonchev–Trinajstić information content (AvgIpc) is 0.841. The van der Waals surface area contributed by atoms with Gasteiger partial charge < -0.3 is 115 Å². The van der Waals surface area contributed by atoms with Crippen LogP contribution in [-0.4, -0.2) is 213 Å². The van der Waals surface area contributed by atoms with Gasteiger partial charge in [0, 0.05) is 6.42 Å². The summed E-state index contributed by atoms with van der Waals surface area (Å²) in [6.07, 6.45) is 13.2. The third-order valence-corrected chi connectivity index (χ3v) is 24.0. The maximum Gasteiger partial charge on any atom is 0.243 e. The van der Waals surface area contributed by atoms with E-state index < -0.39 is 197 Å². The molecular formula is C88H169N21O15. The van der Waals surface area contributed by atoms with Gasteiger partial charge in [-0.2, -0.15) is 0 Å². The van der Waals surface area contributed by atoms with E-state index in [2.05, 4.69) is 81.4 Å². The molecule has 0 unspecified atom stereocenters. The summed E-state index contributed by atoms with van der Waals surface area (Å²) in [4.78, 5) is 215. The average molecular weight is 1760 g/mol. The van der Waals surface area contributed by atoms with E-state index in [0.717, 1.165) is 25.7 Å². The molecule has 0 radical (unpaired) electrons. The summed E-state index contributed by atoms with van der Waals surface area (Å²) < 4.78 is 0. The Balaban J connectivity index is 7.39. The molecule has 0 bridgehead atoms. The molecule has 0 saturated carbocycles. The van der Waals surface area contributed by atoms with Crippen molar-refractivity contribution >= 4 is 88.6 Å². The fourth-order valence-electron chi connectivity index (χ4n) is 14.0. The van der Waals surface area contributed by atoms with Gasteiger partial charge in [-0.15, -0.1) is 0 Å². The van der Waals surface area contributed by atoms with E-state index in [0.29, 0.717) is 135 Å². The van der Waals surface area contributed by atoms with Gasteiger partial charge >= 0.3 is 0 Å². The summed E-state index contributed by atoms with van der Waals surface area (Å²) in [7, 11) is 0. The van der Waals surface area contributed by atoms with Crippen LogP contribution in [0.4, 0.5) is 0 Å². The van der Waals surface area contributed by atoms with Gasteiger partial charge in [-0.1, -0.05) is 174 Å². The van der Waals surface area contributed by atoms with Crippen LogP contribution in [0.5, 0.6) is 0 Å². The maximum absolute atomic E-state index is 15.0. The number of nitrogens with two attached hydrogens (primary N) is 7. The minimum absolute atomic E-state index is 0.0262. The molecule has 20 atom stereocenters. The molecule has 0 heterocycles. The Labute approximate surface area is 740 Å². The summed E-state index contributed by atoms with van der Waals surface area (Å²) in [5.41, 5.74) is 41.1. The van der Waals surface area contributed by atoms with Crippen LogP contribution >= 0.6 is 0 Å². The number of hydrogen-bond acceptors (Lipinski definition) is 21. The van der Waals surface area contributed by atoms with Gasteiger partial charge in [0.05, 0.1) is 6.54 Å². The summed E-state index contributed by atoms with van der Waals surface area (Å²) in [6, 6.07) is -16.1. The minimum atomic E-state index is -1.32. The molecule has 0 aromatic carbocycles. The van der Waals surface area contributed by atoms with Crippen molar-refractivity contribution in [1.29, 1.82) is 0 Å². The number of primary amides is 1. The second kappa shape index (κ2) is 67.2. The first-order valence-corrected chi connectivity index (χ1v) is 46.7. The zero-order chi connectivity index (χ0) is 94.0. The second-order valence-corrected chi connectivity index (χ2v) is 34.1. The second-order valence-electron chi connectivity index (χ2n) is 34.1. The fraction of sp³-hybridized carbons (Fsp3) is 0.830. The molecule has 36 nitrogen and oxygen atoms in total. The zero-order valence-corrected chi connectivity index (χ0v) is 78.1. The van der Waals surface area contributed by atoms with Gasteiger partial charge in [0.25, 0.3) is 0 Å². The van der Waals surface area contributed by atoms with Crippen LogP contribution in [0.1, 0.15) is 303 Å². The van der Waals surface area contributed by atoms with Crippen molar-refractivity contribution in [2.75, 3.05) is 45.8 Å². The number of rotatable bonds is 72. The Morgan fingerprint density at radius 1 is 0.218 bits per heavy atom. The highest BCUT2D eigenvalue weighted by molar-refractivity contribution is 6.00. The van der Waals surface area contributed by atoms with Crippen molar-refractivity contribution in [3.8, 4) is 0 Å². The quantitative estimate of drug-likeness (QED) is 0.0389. The number of amides is 15. The molecule has 124 heavy (non-hydrogen) atoms. The van der Waals surface area contributed by atoms with Crippen molar-refractivity contribution in [3.63, 3.8) is 0 Å². The first kappa shape index (κ1) is 116. The van der Waals surface area contributed by atoms with Crippen molar-refractivity contribution in [3.05, 3.63) is 0 Å². The lowest BCUT2D eigenvalue weighted by Crippen LogP contribution is -2.63. The summed E-state index contributed by atoms with van der Waals surface area (Å²) in [6.45, 7) is 28.3. The lowest BCUT2D eigenvalue weighted by molar-refractivity contribution is -0.137. The molecule has 0 spiro atoms. The summed E-state index contributed by atoms with van der Waals surface area (Å²) in [5, 5.41) is 39.4. The maximum atomic E-state index is 15.0. The van der Waals surface area contributed by atoms with Crippen molar-refractivity contribution in [2.45, 2.75) is 381 Å². The van der Waals surface area contributed by atoms with E-state index in [1.54, 1.807) is 62.3 Å². The largest absolute Gasteiger partial charge is 0.368 e. The number of carbonyl (C=O) groups is 15. The van der Waals surface area contributed by atoms with E-state index in [1.165, 1.54) is 0 Å². The first-order chi connectivity index (χ1) is 59.0. The van der Waals surface area contributed by atoms with Gasteiger partial charge in [0.1, 0.15) is 78.5 Å². The molecule has 36 heteroatoms. The van der Waals surface area contributed by atoms with Crippen LogP contribution in [-0.2, 0) is 71.9 Å². The number of hydrogen-bond donors (Lipinski definition) is 21. The normalized spacial score (nSPS) is 16.2. The first-order valence-electron chi connectivity index (χ1n) is 46.7. The SMILES string of the molecule is CCCCCCCC(=O)NCC(=O)N[C@H](C(=O)N[C@H](C(=O)N[C@@H](CCCCN)C(=O)N[C@@H](CCCCN)C(=O)N[C@H](C(=O)N[C@H](C(=O)N[C@@H](CCCCN)C(=O)N[C@@H](CCCCN)C(=O)N[C@H](C(=O)N[C@H](C(=O)N[C@@H](CCCCN)C(=O)N[C@@H](CCCCN)C(=O)N[C@H](C(N)=O)[C@@H](C)CC)[C@@H](C)CC)[C@@H](C)CC)[C@@H](C)CC)[C@@H](C)CC)[C@@H](C)CC)[C@@H](C)CC. The summed E-state index contributed by atoms with van der Waals surface area (Å²) in [5.74, 6) is -13.8. The molecule has 15 amide bonds.